The van der Waals surface area contributed by atoms with Crippen LogP contribution >= 0.6 is 0 Å². The number of hydrogen-bond donors (Lipinski definition) is 2. The second kappa shape index (κ2) is 7.07. The van der Waals surface area contributed by atoms with Crippen LogP contribution in [-0.4, -0.2) is 12.5 Å². The molecule has 2 rings (SSSR count). The highest BCUT2D eigenvalue weighted by Gasteiger charge is 2.01. The van der Waals surface area contributed by atoms with Crippen LogP contribution in [-0.2, 0) is 6.42 Å². The van der Waals surface area contributed by atoms with E-state index in [-0.39, 0.29) is 5.82 Å². The number of nitrogens with one attached hydrogen (secondary N) is 1. The Morgan fingerprint density at radius 1 is 1.05 bits per heavy atom. The lowest BCUT2D eigenvalue weighted by Crippen LogP contribution is -2.23. The summed E-state index contributed by atoms with van der Waals surface area (Å²) >= 11 is 0. The van der Waals surface area contributed by atoms with Crippen LogP contribution in [0.25, 0.3) is 0 Å². The van der Waals surface area contributed by atoms with Crippen molar-refractivity contribution in [1.29, 1.82) is 0 Å². The van der Waals surface area contributed by atoms with E-state index in [1.165, 1.54) is 23.3 Å². The SMILES string of the molecule is Cc1ccc(NC(N)=NCCc2ccc(F)cc2C)cc1C. The minimum atomic E-state index is -0.208. The first-order valence-electron chi connectivity index (χ1n) is 7.35. The zero-order valence-corrected chi connectivity index (χ0v) is 13.3. The Morgan fingerprint density at radius 3 is 2.50 bits per heavy atom. The van der Waals surface area contributed by atoms with Gasteiger partial charge >= 0.3 is 0 Å². The van der Waals surface area contributed by atoms with Crippen molar-refractivity contribution in [2.24, 2.45) is 10.7 Å². The number of guanidine groups is 1. The van der Waals surface area contributed by atoms with Crippen molar-refractivity contribution in [2.75, 3.05) is 11.9 Å². The number of benzene rings is 2. The van der Waals surface area contributed by atoms with Crippen LogP contribution in [0, 0.1) is 26.6 Å². The molecular formula is C18H22FN3. The fourth-order valence-corrected chi connectivity index (χ4v) is 2.24. The van der Waals surface area contributed by atoms with E-state index in [9.17, 15) is 4.39 Å². The molecule has 0 aliphatic carbocycles. The summed E-state index contributed by atoms with van der Waals surface area (Å²) in [6, 6.07) is 10.9. The first-order valence-corrected chi connectivity index (χ1v) is 7.35. The van der Waals surface area contributed by atoms with Gasteiger partial charge in [-0.05, 0) is 73.7 Å². The number of halogens is 1. The number of anilines is 1. The van der Waals surface area contributed by atoms with E-state index < -0.39 is 0 Å². The van der Waals surface area contributed by atoms with Crippen LogP contribution in [0.4, 0.5) is 10.1 Å². The highest BCUT2D eigenvalue weighted by atomic mass is 19.1. The van der Waals surface area contributed by atoms with Gasteiger partial charge in [-0.3, -0.25) is 4.99 Å². The normalized spacial score (nSPS) is 11.5. The van der Waals surface area contributed by atoms with Gasteiger partial charge < -0.3 is 11.1 Å². The van der Waals surface area contributed by atoms with Gasteiger partial charge in [0.05, 0.1) is 0 Å². The zero-order valence-electron chi connectivity index (χ0n) is 13.3. The third-order valence-corrected chi connectivity index (χ3v) is 3.75. The van der Waals surface area contributed by atoms with Crippen LogP contribution in [0.5, 0.6) is 0 Å². The monoisotopic (exact) mass is 299 g/mol. The van der Waals surface area contributed by atoms with Crippen molar-refractivity contribution in [1.82, 2.24) is 0 Å². The van der Waals surface area contributed by atoms with Crippen molar-refractivity contribution >= 4 is 11.6 Å². The fraction of sp³-hybridized carbons (Fsp3) is 0.278. The molecule has 0 heterocycles. The molecule has 0 aliphatic heterocycles. The Balaban J connectivity index is 1.93. The largest absolute Gasteiger partial charge is 0.370 e. The molecule has 22 heavy (non-hydrogen) atoms. The molecular weight excluding hydrogens is 277 g/mol. The molecule has 0 bridgehead atoms. The average Bonchev–Trinajstić information content (AvgIpc) is 2.45. The van der Waals surface area contributed by atoms with Gasteiger partial charge in [-0.2, -0.15) is 0 Å². The van der Waals surface area contributed by atoms with E-state index in [1.807, 2.05) is 25.1 Å². The summed E-state index contributed by atoms with van der Waals surface area (Å²) in [7, 11) is 0. The summed E-state index contributed by atoms with van der Waals surface area (Å²) in [5, 5.41) is 3.09. The highest BCUT2D eigenvalue weighted by Crippen LogP contribution is 2.14. The van der Waals surface area contributed by atoms with E-state index in [4.69, 9.17) is 5.73 Å². The molecule has 0 aromatic heterocycles. The molecule has 0 unspecified atom stereocenters. The molecule has 0 aliphatic rings. The maximum atomic E-state index is 13.0. The predicted octanol–water partition coefficient (Wildman–Crippen LogP) is 3.72. The fourth-order valence-electron chi connectivity index (χ4n) is 2.24. The number of nitrogens with zero attached hydrogens (tertiary/aromatic N) is 1. The Morgan fingerprint density at radius 2 is 1.82 bits per heavy atom. The van der Waals surface area contributed by atoms with E-state index in [0.717, 1.165) is 23.2 Å². The molecule has 3 nitrogen and oxygen atoms in total. The second-order valence-electron chi connectivity index (χ2n) is 5.51. The molecule has 0 amide bonds. The van der Waals surface area contributed by atoms with Gasteiger partial charge in [0.2, 0.25) is 0 Å². The van der Waals surface area contributed by atoms with E-state index in [0.29, 0.717) is 12.5 Å². The van der Waals surface area contributed by atoms with Crippen molar-refractivity contribution in [3.63, 3.8) is 0 Å². The summed E-state index contributed by atoms with van der Waals surface area (Å²) in [5.74, 6) is 0.184. The number of aliphatic imine (C=N–C) groups is 1. The third-order valence-electron chi connectivity index (χ3n) is 3.75. The second-order valence-corrected chi connectivity index (χ2v) is 5.51. The van der Waals surface area contributed by atoms with Crippen molar-refractivity contribution in [3.8, 4) is 0 Å². The summed E-state index contributed by atoms with van der Waals surface area (Å²) in [6.07, 6.45) is 0.738. The van der Waals surface area contributed by atoms with Gasteiger partial charge in [0.1, 0.15) is 5.82 Å². The minimum Gasteiger partial charge on any atom is -0.370 e. The van der Waals surface area contributed by atoms with Crippen LogP contribution in [0.2, 0.25) is 0 Å². The molecule has 2 aromatic carbocycles. The number of nitrogens with two attached hydrogens (primary N) is 1. The Labute approximate surface area is 131 Å². The quantitative estimate of drug-likeness (QED) is 0.668. The molecule has 0 atom stereocenters. The van der Waals surface area contributed by atoms with Crippen LogP contribution < -0.4 is 11.1 Å². The maximum absolute atomic E-state index is 13.0. The van der Waals surface area contributed by atoms with E-state index in [1.54, 1.807) is 6.07 Å². The lowest BCUT2D eigenvalue weighted by atomic mass is 10.1. The third kappa shape index (κ3) is 4.32. The van der Waals surface area contributed by atoms with E-state index >= 15 is 0 Å². The summed E-state index contributed by atoms with van der Waals surface area (Å²) in [4.78, 5) is 4.32. The van der Waals surface area contributed by atoms with E-state index in [2.05, 4.69) is 24.2 Å². The summed E-state index contributed by atoms with van der Waals surface area (Å²) < 4.78 is 13.0. The average molecular weight is 299 g/mol. The smallest absolute Gasteiger partial charge is 0.193 e. The van der Waals surface area contributed by atoms with Gasteiger partial charge in [-0.15, -0.1) is 0 Å². The summed E-state index contributed by atoms with van der Waals surface area (Å²) in [6.45, 7) is 6.60. The van der Waals surface area contributed by atoms with Crippen LogP contribution in [0.3, 0.4) is 0 Å². The molecule has 0 spiro atoms. The Kier molecular flexibility index (Phi) is 5.15. The van der Waals surface area contributed by atoms with Crippen molar-refractivity contribution in [2.45, 2.75) is 27.2 Å². The van der Waals surface area contributed by atoms with Gasteiger partial charge in [0.15, 0.2) is 5.96 Å². The molecule has 116 valence electrons. The highest BCUT2D eigenvalue weighted by molar-refractivity contribution is 5.92. The molecule has 0 saturated heterocycles. The standard InChI is InChI=1S/C18H22FN3/c1-12-4-7-17(11-13(12)2)22-18(20)21-9-8-15-5-6-16(19)10-14(15)3/h4-7,10-11H,8-9H2,1-3H3,(H3,20,21,22). The molecule has 4 heteroatoms. The maximum Gasteiger partial charge on any atom is 0.193 e. The van der Waals surface area contributed by atoms with Gasteiger partial charge in [-0.25, -0.2) is 4.39 Å². The molecule has 2 aromatic rings. The topological polar surface area (TPSA) is 50.4 Å². The first-order chi connectivity index (χ1) is 10.5. The molecule has 0 fully saturated rings. The Hall–Kier alpha value is -2.36. The van der Waals surface area contributed by atoms with Crippen molar-refractivity contribution in [3.05, 3.63) is 64.5 Å². The zero-order chi connectivity index (χ0) is 16.1. The minimum absolute atomic E-state index is 0.208. The lowest BCUT2D eigenvalue weighted by molar-refractivity contribution is 0.625. The first kappa shape index (κ1) is 16.0. The van der Waals surface area contributed by atoms with Crippen LogP contribution in [0.15, 0.2) is 41.4 Å². The summed E-state index contributed by atoms with van der Waals surface area (Å²) in [5.41, 5.74) is 11.3. The van der Waals surface area contributed by atoms with Gasteiger partial charge in [0.25, 0.3) is 0 Å². The van der Waals surface area contributed by atoms with Crippen molar-refractivity contribution < 1.29 is 4.39 Å². The van der Waals surface area contributed by atoms with Gasteiger partial charge in [0, 0.05) is 12.2 Å². The number of hydrogen-bond acceptors (Lipinski definition) is 1. The molecule has 0 radical (unpaired) electrons. The predicted molar refractivity (Wildman–Crippen MR) is 90.9 cm³/mol. The Bertz CT molecular complexity index is 693. The lowest BCUT2D eigenvalue weighted by Gasteiger charge is -2.08. The molecule has 0 saturated carbocycles. The molecule has 3 N–H and O–H groups in total. The van der Waals surface area contributed by atoms with Crippen LogP contribution in [0.1, 0.15) is 22.3 Å². The number of rotatable bonds is 4. The van der Waals surface area contributed by atoms with Gasteiger partial charge in [-0.1, -0.05) is 12.1 Å². The number of aryl methyl sites for hydroxylation is 3.